The lowest BCUT2D eigenvalue weighted by molar-refractivity contribution is -0.127. The van der Waals surface area contributed by atoms with E-state index in [0.717, 1.165) is 35.9 Å². The van der Waals surface area contributed by atoms with Crippen LogP contribution in [0.2, 0.25) is 0 Å². The van der Waals surface area contributed by atoms with Crippen molar-refractivity contribution in [3.8, 4) is 5.75 Å². The van der Waals surface area contributed by atoms with E-state index < -0.39 is 6.10 Å². The molecule has 0 radical (unpaired) electrons. The molecule has 1 heterocycles. The molecule has 1 N–H and O–H groups in total. The molecule has 2 aromatic rings. The van der Waals surface area contributed by atoms with Crippen LogP contribution in [0.3, 0.4) is 0 Å². The number of rotatable bonds is 10. The molecule has 0 aliphatic carbocycles. The molecule has 1 aromatic carbocycles. The van der Waals surface area contributed by atoms with E-state index in [2.05, 4.69) is 33.9 Å². The lowest BCUT2D eigenvalue weighted by Gasteiger charge is -2.15. The summed E-state index contributed by atoms with van der Waals surface area (Å²) >= 11 is 1.61. The van der Waals surface area contributed by atoms with Crippen LogP contribution in [0.1, 0.15) is 38.6 Å². The van der Waals surface area contributed by atoms with Gasteiger partial charge in [-0.25, -0.2) is 0 Å². The van der Waals surface area contributed by atoms with Crippen molar-refractivity contribution in [2.45, 2.75) is 58.3 Å². The Morgan fingerprint density at radius 2 is 1.93 bits per heavy atom. The highest BCUT2D eigenvalue weighted by atomic mass is 32.2. The molecule has 1 aromatic heterocycles. The van der Waals surface area contributed by atoms with E-state index in [4.69, 9.17) is 4.74 Å². The lowest BCUT2D eigenvalue weighted by atomic mass is 10.2. The fraction of sp³-hybridized carbons (Fsp3) is 0.550. The van der Waals surface area contributed by atoms with Crippen LogP contribution in [0.25, 0.3) is 0 Å². The van der Waals surface area contributed by atoms with Crippen LogP contribution in [-0.2, 0) is 17.8 Å². The zero-order valence-corrected chi connectivity index (χ0v) is 17.7. The maximum atomic E-state index is 12.2. The van der Waals surface area contributed by atoms with Crippen molar-refractivity contribution in [1.29, 1.82) is 0 Å². The second-order valence-electron chi connectivity index (χ2n) is 7.08. The molecule has 2 rings (SSSR count). The Bertz CT molecular complexity index is 728. The molecule has 0 aliphatic rings. The third kappa shape index (κ3) is 6.57. The topological polar surface area (TPSA) is 69.0 Å². The van der Waals surface area contributed by atoms with Crippen molar-refractivity contribution in [1.82, 2.24) is 20.1 Å². The Balaban J connectivity index is 1.78. The van der Waals surface area contributed by atoms with Crippen LogP contribution in [0.5, 0.6) is 5.75 Å². The van der Waals surface area contributed by atoms with Crippen LogP contribution in [0.4, 0.5) is 0 Å². The first kappa shape index (κ1) is 21.3. The lowest BCUT2D eigenvalue weighted by Crippen LogP contribution is -2.37. The Kier molecular flexibility index (Phi) is 8.16. The maximum absolute atomic E-state index is 12.2. The largest absolute Gasteiger partial charge is 0.481 e. The molecule has 7 heteroatoms. The highest BCUT2D eigenvalue weighted by Gasteiger charge is 2.15. The summed E-state index contributed by atoms with van der Waals surface area (Å²) < 4.78 is 7.87. The molecule has 0 fully saturated rings. The molecule has 0 saturated heterocycles. The summed E-state index contributed by atoms with van der Waals surface area (Å²) in [5.41, 5.74) is 1.16. The van der Waals surface area contributed by atoms with Crippen LogP contribution in [0.15, 0.2) is 29.4 Å². The molecule has 0 aliphatic heterocycles. The Hall–Kier alpha value is -2.02. The van der Waals surface area contributed by atoms with E-state index in [1.807, 2.05) is 37.4 Å². The monoisotopic (exact) mass is 390 g/mol. The molecule has 148 valence electrons. The van der Waals surface area contributed by atoms with Crippen molar-refractivity contribution >= 4 is 17.7 Å². The molecule has 27 heavy (non-hydrogen) atoms. The summed E-state index contributed by atoms with van der Waals surface area (Å²) in [6.07, 6.45) is 3.09. The van der Waals surface area contributed by atoms with Crippen molar-refractivity contribution < 1.29 is 9.53 Å². The normalized spacial score (nSPS) is 12.2. The molecule has 0 bridgehead atoms. The Labute approximate surface area is 166 Å². The summed E-state index contributed by atoms with van der Waals surface area (Å²) in [6, 6.07) is 7.69. The number of benzene rings is 1. The number of hydrogen-bond acceptors (Lipinski definition) is 5. The van der Waals surface area contributed by atoms with Gasteiger partial charge in [0.25, 0.3) is 5.91 Å². The van der Waals surface area contributed by atoms with Gasteiger partial charge in [0, 0.05) is 19.5 Å². The summed E-state index contributed by atoms with van der Waals surface area (Å²) in [6.45, 7) is 9.65. The molecule has 1 unspecified atom stereocenters. The number of amides is 1. The van der Waals surface area contributed by atoms with E-state index in [-0.39, 0.29) is 5.91 Å². The number of hydrogen-bond donors (Lipinski definition) is 1. The summed E-state index contributed by atoms with van der Waals surface area (Å²) in [4.78, 5) is 12.2. The third-order valence-corrected chi connectivity index (χ3v) is 4.77. The molecule has 1 atom stereocenters. The van der Waals surface area contributed by atoms with Gasteiger partial charge in [0.2, 0.25) is 0 Å². The van der Waals surface area contributed by atoms with Crippen LogP contribution >= 0.6 is 11.8 Å². The number of carbonyl (C=O) groups is 1. The van der Waals surface area contributed by atoms with Gasteiger partial charge >= 0.3 is 0 Å². The number of aryl methyl sites for hydroxylation is 2. The SMILES string of the molecule is CSc1nnc(CCCNC(=O)C(C)Oc2ccc(C)cc2)n1CC(C)C. The zero-order valence-electron chi connectivity index (χ0n) is 16.9. The quantitative estimate of drug-likeness (QED) is 0.497. The maximum Gasteiger partial charge on any atom is 0.260 e. The van der Waals surface area contributed by atoms with Crippen LogP contribution < -0.4 is 10.1 Å². The standard InChI is InChI=1S/C20H30N4O2S/c1-14(2)13-24-18(22-23-20(24)27-5)7-6-12-21-19(25)16(4)26-17-10-8-15(3)9-11-17/h8-11,14,16H,6-7,12-13H2,1-5H3,(H,21,25). The smallest absolute Gasteiger partial charge is 0.260 e. The molecule has 6 nitrogen and oxygen atoms in total. The van der Waals surface area contributed by atoms with Gasteiger partial charge in [-0.05, 0) is 44.6 Å². The number of nitrogens with one attached hydrogen (secondary N) is 1. The van der Waals surface area contributed by atoms with E-state index in [1.165, 1.54) is 0 Å². The first-order chi connectivity index (χ1) is 12.9. The van der Waals surface area contributed by atoms with Crippen molar-refractivity contribution in [2.24, 2.45) is 5.92 Å². The van der Waals surface area contributed by atoms with E-state index in [9.17, 15) is 4.79 Å². The van der Waals surface area contributed by atoms with Gasteiger partial charge in [0.15, 0.2) is 11.3 Å². The second-order valence-corrected chi connectivity index (χ2v) is 7.85. The Morgan fingerprint density at radius 1 is 1.22 bits per heavy atom. The molecule has 0 spiro atoms. The van der Waals surface area contributed by atoms with Gasteiger partial charge in [-0.3, -0.25) is 4.79 Å². The average molecular weight is 391 g/mol. The fourth-order valence-corrected chi connectivity index (χ4v) is 3.20. The van der Waals surface area contributed by atoms with Crippen molar-refractivity contribution in [3.05, 3.63) is 35.7 Å². The number of ether oxygens (including phenoxy) is 1. The zero-order chi connectivity index (χ0) is 19.8. The van der Waals surface area contributed by atoms with Gasteiger partial charge in [-0.1, -0.05) is 43.3 Å². The summed E-state index contributed by atoms with van der Waals surface area (Å²) in [7, 11) is 0. The van der Waals surface area contributed by atoms with Crippen LogP contribution in [-0.4, -0.2) is 39.6 Å². The van der Waals surface area contributed by atoms with Gasteiger partial charge in [-0.2, -0.15) is 0 Å². The third-order valence-electron chi connectivity index (χ3n) is 4.10. The second kappa shape index (κ2) is 10.3. The van der Waals surface area contributed by atoms with Crippen LogP contribution in [0, 0.1) is 12.8 Å². The highest BCUT2D eigenvalue weighted by molar-refractivity contribution is 7.98. The minimum atomic E-state index is -0.527. The minimum absolute atomic E-state index is 0.107. The van der Waals surface area contributed by atoms with Gasteiger partial charge in [-0.15, -0.1) is 10.2 Å². The molecule has 1 amide bonds. The number of aromatic nitrogens is 3. The number of carbonyl (C=O) groups excluding carboxylic acids is 1. The van der Waals surface area contributed by atoms with E-state index in [1.54, 1.807) is 18.7 Å². The number of nitrogens with zero attached hydrogens (tertiary/aromatic N) is 3. The predicted octanol–water partition coefficient (Wildman–Crippen LogP) is 3.48. The van der Waals surface area contributed by atoms with E-state index in [0.29, 0.717) is 18.2 Å². The number of thioether (sulfide) groups is 1. The minimum Gasteiger partial charge on any atom is -0.481 e. The molecular weight excluding hydrogens is 360 g/mol. The average Bonchev–Trinajstić information content (AvgIpc) is 3.01. The summed E-state index contributed by atoms with van der Waals surface area (Å²) in [5, 5.41) is 12.4. The van der Waals surface area contributed by atoms with Gasteiger partial charge in [0.05, 0.1) is 0 Å². The Morgan fingerprint density at radius 3 is 2.56 bits per heavy atom. The highest BCUT2D eigenvalue weighted by Crippen LogP contribution is 2.17. The van der Waals surface area contributed by atoms with Crippen molar-refractivity contribution in [3.63, 3.8) is 0 Å². The van der Waals surface area contributed by atoms with E-state index >= 15 is 0 Å². The first-order valence-electron chi connectivity index (χ1n) is 9.37. The molecule has 0 saturated carbocycles. The summed E-state index contributed by atoms with van der Waals surface area (Å²) in [5.74, 6) is 2.11. The van der Waals surface area contributed by atoms with Gasteiger partial charge < -0.3 is 14.6 Å². The fourth-order valence-electron chi connectivity index (χ4n) is 2.68. The predicted molar refractivity (Wildman–Crippen MR) is 109 cm³/mol. The van der Waals surface area contributed by atoms with Gasteiger partial charge in [0.1, 0.15) is 11.6 Å². The van der Waals surface area contributed by atoms with Crippen molar-refractivity contribution in [2.75, 3.05) is 12.8 Å². The molecular formula is C20H30N4O2S. The first-order valence-corrected chi connectivity index (χ1v) is 10.6.